The van der Waals surface area contributed by atoms with Gasteiger partial charge in [0, 0.05) is 11.6 Å². The molecule has 0 aliphatic heterocycles. The van der Waals surface area contributed by atoms with Gasteiger partial charge in [-0.05, 0) is 24.8 Å². The maximum absolute atomic E-state index is 13.1. The van der Waals surface area contributed by atoms with Crippen LogP contribution in [0, 0.1) is 11.7 Å². The van der Waals surface area contributed by atoms with Crippen LogP contribution in [0.1, 0.15) is 24.4 Å². The fourth-order valence-corrected chi connectivity index (χ4v) is 1.45. The Hall–Kier alpha value is -0.890. The van der Waals surface area contributed by atoms with Crippen LogP contribution in [0.3, 0.4) is 0 Å². The summed E-state index contributed by atoms with van der Waals surface area (Å²) in [5.74, 6) is 0.346. The quantitative estimate of drug-likeness (QED) is 0.714. The molecule has 2 heteroatoms. The molecule has 2 N–H and O–H groups in total. The molecule has 64 valence electrons. The van der Waals surface area contributed by atoms with Crippen LogP contribution in [0.15, 0.2) is 24.3 Å². The smallest absolute Gasteiger partial charge is 0.127 e. The Morgan fingerprint density at radius 3 is 2.58 bits per heavy atom. The Morgan fingerprint density at radius 1 is 1.33 bits per heavy atom. The number of benzene rings is 1. The summed E-state index contributed by atoms with van der Waals surface area (Å²) < 4.78 is 13.1. The molecule has 2 rings (SSSR count). The van der Waals surface area contributed by atoms with E-state index in [-0.39, 0.29) is 11.9 Å². The zero-order valence-corrected chi connectivity index (χ0v) is 6.83. The van der Waals surface area contributed by atoms with E-state index in [0.717, 1.165) is 12.8 Å². The van der Waals surface area contributed by atoms with Gasteiger partial charge in [-0.15, -0.1) is 0 Å². The monoisotopic (exact) mass is 165 g/mol. The van der Waals surface area contributed by atoms with E-state index in [1.54, 1.807) is 12.1 Å². The molecular formula is C10H12FN. The first-order valence-corrected chi connectivity index (χ1v) is 4.29. The highest BCUT2D eigenvalue weighted by Crippen LogP contribution is 2.39. The van der Waals surface area contributed by atoms with Gasteiger partial charge >= 0.3 is 0 Å². The normalized spacial score (nSPS) is 19.2. The van der Waals surface area contributed by atoms with Gasteiger partial charge in [-0.25, -0.2) is 4.39 Å². The van der Waals surface area contributed by atoms with Gasteiger partial charge in [0.15, 0.2) is 0 Å². The average Bonchev–Trinajstić information content (AvgIpc) is 2.86. The summed E-state index contributed by atoms with van der Waals surface area (Å²) in [5.41, 5.74) is 6.53. The lowest BCUT2D eigenvalue weighted by Crippen LogP contribution is -2.13. The summed E-state index contributed by atoms with van der Waals surface area (Å²) in [7, 11) is 0. The van der Waals surface area contributed by atoms with Crippen molar-refractivity contribution in [3.05, 3.63) is 35.6 Å². The summed E-state index contributed by atoms with van der Waals surface area (Å²) in [5, 5.41) is 0. The van der Waals surface area contributed by atoms with Gasteiger partial charge in [-0.2, -0.15) is 0 Å². The minimum Gasteiger partial charge on any atom is -0.324 e. The van der Waals surface area contributed by atoms with Crippen molar-refractivity contribution in [2.45, 2.75) is 18.9 Å². The van der Waals surface area contributed by atoms with Gasteiger partial charge in [0.25, 0.3) is 0 Å². The fraction of sp³-hybridized carbons (Fsp3) is 0.400. The molecule has 1 saturated carbocycles. The van der Waals surface area contributed by atoms with E-state index in [1.165, 1.54) is 6.07 Å². The first-order chi connectivity index (χ1) is 5.79. The molecule has 1 aromatic rings. The lowest BCUT2D eigenvalue weighted by Gasteiger charge is -2.10. The van der Waals surface area contributed by atoms with Gasteiger partial charge in [0.1, 0.15) is 5.82 Å². The molecule has 0 heterocycles. The lowest BCUT2D eigenvalue weighted by molar-refractivity contribution is 0.554. The van der Waals surface area contributed by atoms with E-state index in [0.29, 0.717) is 11.5 Å². The highest BCUT2D eigenvalue weighted by Gasteiger charge is 2.30. The third kappa shape index (κ3) is 1.34. The van der Waals surface area contributed by atoms with Gasteiger partial charge < -0.3 is 5.73 Å². The summed E-state index contributed by atoms with van der Waals surface area (Å²) in [6.45, 7) is 0. The van der Waals surface area contributed by atoms with Crippen molar-refractivity contribution < 1.29 is 4.39 Å². The van der Waals surface area contributed by atoms with Crippen LogP contribution >= 0.6 is 0 Å². The van der Waals surface area contributed by atoms with Crippen LogP contribution in [-0.2, 0) is 0 Å². The highest BCUT2D eigenvalue weighted by molar-refractivity contribution is 5.22. The van der Waals surface area contributed by atoms with E-state index >= 15 is 0 Å². The van der Waals surface area contributed by atoms with Crippen molar-refractivity contribution in [2.75, 3.05) is 0 Å². The van der Waals surface area contributed by atoms with Crippen molar-refractivity contribution in [3.8, 4) is 0 Å². The first-order valence-electron chi connectivity index (χ1n) is 4.29. The van der Waals surface area contributed by atoms with Gasteiger partial charge in [0.05, 0.1) is 0 Å². The van der Waals surface area contributed by atoms with Crippen molar-refractivity contribution >= 4 is 0 Å². The number of hydrogen-bond acceptors (Lipinski definition) is 1. The van der Waals surface area contributed by atoms with Crippen LogP contribution in [0.4, 0.5) is 4.39 Å². The molecule has 12 heavy (non-hydrogen) atoms. The number of rotatable bonds is 2. The maximum Gasteiger partial charge on any atom is 0.127 e. The molecule has 0 saturated heterocycles. The minimum atomic E-state index is -0.170. The second-order valence-electron chi connectivity index (χ2n) is 3.38. The molecule has 1 nitrogen and oxygen atoms in total. The first kappa shape index (κ1) is 7.74. The van der Waals surface area contributed by atoms with Crippen LogP contribution in [0.2, 0.25) is 0 Å². The molecule has 0 bridgehead atoms. The molecule has 0 spiro atoms. The average molecular weight is 165 g/mol. The molecule has 1 aromatic carbocycles. The number of hydrogen-bond donors (Lipinski definition) is 1. The Balaban J connectivity index is 2.25. The standard InChI is InChI=1S/C10H12FN/c11-9-4-2-1-3-8(9)10(12)7-5-6-7/h1-4,7,10H,5-6,12H2/t10-/m1/s1. The Bertz CT molecular complexity index is 281. The van der Waals surface area contributed by atoms with Gasteiger partial charge in [0.2, 0.25) is 0 Å². The fourth-order valence-electron chi connectivity index (χ4n) is 1.45. The van der Waals surface area contributed by atoms with Crippen LogP contribution < -0.4 is 5.73 Å². The number of halogens is 1. The Kier molecular flexibility index (Phi) is 1.85. The zero-order valence-electron chi connectivity index (χ0n) is 6.83. The Morgan fingerprint density at radius 2 is 2.00 bits per heavy atom. The SMILES string of the molecule is N[C@@H](c1ccccc1F)C1CC1. The summed E-state index contributed by atoms with van der Waals surface area (Å²) in [6.07, 6.45) is 2.30. The zero-order chi connectivity index (χ0) is 8.55. The van der Waals surface area contributed by atoms with Gasteiger partial charge in [-0.3, -0.25) is 0 Å². The van der Waals surface area contributed by atoms with Crippen molar-refractivity contribution in [3.63, 3.8) is 0 Å². The third-order valence-corrected chi connectivity index (χ3v) is 2.39. The minimum absolute atomic E-state index is 0.0915. The molecule has 1 aliphatic carbocycles. The van der Waals surface area contributed by atoms with E-state index in [4.69, 9.17) is 5.73 Å². The summed E-state index contributed by atoms with van der Waals surface area (Å²) in [6, 6.07) is 6.68. The van der Waals surface area contributed by atoms with Crippen molar-refractivity contribution in [2.24, 2.45) is 11.7 Å². The van der Waals surface area contributed by atoms with E-state index in [9.17, 15) is 4.39 Å². The van der Waals surface area contributed by atoms with E-state index in [1.807, 2.05) is 6.07 Å². The molecule has 0 aromatic heterocycles. The third-order valence-electron chi connectivity index (χ3n) is 2.39. The number of nitrogens with two attached hydrogens (primary N) is 1. The lowest BCUT2D eigenvalue weighted by atomic mass is 10.0. The molecule has 1 fully saturated rings. The van der Waals surface area contributed by atoms with Gasteiger partial charge in [-0.1, -0.05) is 18.2 Å². The maximum atomic E-state index is 13.1. The van der Waals surface area contributed by atoms with Crippen LogP contribution in [0.5, 0.6) is 0 Å². The van der Waals surface area contributed by atoms with Crippen LogP contribution in [0.25, 0.3) is 0 Å². The predicted molar refractivity (Wildman–Crippen MR) is 46.1 cm³/mol. The molecule has 0 radical (unpaired) electrons. The largest absolute Gasteiger partial charge is 0.324 e. The van der Waals surface area contributed by atoms with Crippen molar-refractivity contribution in [1.29, 1.82) is 0 Å². The highest BCUT2D eigenvalue weighted by atomic mass is 19.1. The topological polar surface area (TPSA) is 26.0 Å². The summed E-state index contributed by atoms with van der Waals surface area (Å²) >= 11 is 0. The Labute approximate surface area is 71.4 Å². The molecule has 0 unspecified atom stereocenters. The predicted octanol–water partition coefficient (Wildman–Crippen LogP) is 2.24. The second kappa shape index (κ2) is 2.87. The molecular weight excluding hydrogens is 153 g/mol. The van der Waals surface area contributed by atoms with Crippen molar-refractivity contribution in [1.82, 2.24) is 0 Å². The summed E-state index contributed by atoms with van der Waals surface area (Å²) in [4.78, 5) is 0. The van der Waals surface area contributed by atoms with E-state index < -0.39 is 0 Å². The van der Waals surface area contributed by atoms with E-state index in [2.05, 4.69) is 0 Å². The molecule has 1 atom stereocenters. The second-order valence-corrected chi connectivity index (χ2v) is 3.38. The molecule has 1 aliphatic rings. The van der Waals surface area contributed by atoms with Crippen LogP contribution in [-0.4, -0.2) is 0 Å². The molecule has 0 amide bonds.